The summed E-state index contributed by atoms with van der Waals surface area (Å²) in [6.07, 6.45) is 5.77. The molecule has 15 heavy (non-hydrogen) atoms. The lowest BCUT2D eigenvalue weighted by molar-refractivity contribution is 0.202. The van der Waals surface area contributed by atoms with E-state index in [9.17, 15) is 0 Å². The number of nitrogens with zero attached hydrogens (tertiary/aromatic N) is 3. The zero-order valence-electron chi connectivity index (χ0n) is 9.06. The van der Waals surface area contributed by atoms with E-state index in [2.05, 4.69) is 14.9 Å². The second-order valence-corrected chi connectivity index (χ2v) is 4.17. The van der Waals surface area contributed by atoms with Gasteiger partial charge in [-0.1, -0.05) is 0 Å². The first-order chi connectivity index (χ1) is 7.29. The predicted octanol–water partition coefficient (Wildman–Crippen LogP) is 0.994. The summed E-state index contributed by atoms with van der Waals surface area (Å²) in [6, 6.07) is 0. The molecular formula is C11H17N3O. The molecule has 0 radical (unpaired) electrons. The van der Waals surface area contributed by atoms with Crippen molar-refractivity contribution >= 4 is 5.95 Å². The average molecular weight is 207 g/mol. The first-order valence-corrected chi connectivity index (χ1v) is 5.44. The fraction of sp³-hybridized carbons (Fsp3) is 0.636. The van der Waals surface area contributed by atoms with Gasteiger partial charge >= 0.3 is 0 Å². The maximum Gasteiger partial charge on any atom is 0.225 e. The molecule has 1 saturated heterocycles. The Morgan fingerprint density at radius 2 is 1.93 bits per heavy atom. The van der Waals surface area contributed by atoms with Crippen LogP contribution in [0.2, 0.25) is 0 Å². The fourth-order valence-electron chi connectivity index (χ4n) is 1.86. The summed E-state index contributed by atoms with van der Waals surface area (Å²) < 4.78 is 0. The molecule has 2 heterocycles. The number of aryl methyl sites for hydroxylation is 1. The number of aliphatic hydroxyl groups excluding tert-OH is 1. The monoisotopic (exact) mass is 207 g/mol. The molecule has 0 atom stereocenters. The van der Waals surface area contributed by atoms with Gasteiger partial charge in [0.25, 0.3) is 0 Å². The van der Waals surface area contributed by atoms with Gasteiger partial charge in [-0.15, -0.1) is 0 Å². The van der Waals surface area contributed by atoms with Crippen molar-refractivity contribution in [3.05, 3.63) is 18.0 Å². The molecule has 4 nitrogen and oxygen atoms in total. The van der Waals surface area contributed by atoms with Crippen LogP contribution in [0.4, 0.5) is 5.95 Å². The summed E-state index contributed by atoms with van der Waals surface area (Å²) in [5, 5.41) is 9.03. The van der Waals surface area contributed by atoms with Crippen molar-refractivity contribution < 1.29 is 5.11 Å². The molecule has 2 rings (SSSR count). The van der Waals surface area contributed by atoms with Gasteiger partial charge in [-0.05, 0) is 31.2 Å². The van der Waals surface area contributed by atoms with Crippen molar-refractivity contribution in [3.8, 4) is 0 Å². The molecule has 1 aromatic rings. The third kappa shape index (κ3) is 2.45. The van der Waals surface area contributed by atoms with Crippen LogP contribution in [-0.2, 0) is 0 Å². The number of aliphatic hydroxyl groups is 1. The van der Waals surface area contributed by atoms with Crippen molar-refractivity contribution in [2.24, 2.45) is 5.92 Å². The van der Waals surface area contributed by atoms with Crippen LogP contribution in [0.15, 0.2) is 12.4 Å². The molecule has 1 fully saturated rings. The first-order valence-electron chi connectivity index (χ1n) is 5.44. The Balaban J connectivity index is 1.98. The largest absolute Gasteiger partial charge is 0.396 e. The zero-order chi connectivity index (χ0) is 10.7. The molecule has 0 aliphatic carbocycles. The van der Waals surface area contributed by atoms with Crippen molar-refractivity contribution in [2.45, 2.75) is 19.8 Å². The molecule has 1 aromatic heterocycles. The maximum atomic E-state index is 9.03. The molecule has 0 spiro atoms. The number of anilines is 1. The molecule has 0 bridgehead atoms. The molecule has 0 aromatic carbocycles. The van der Waals surface area contributed by atoms with Gasteiger partial charge < -0.3 is 10.0 Å². The third-order valence-electron chi connectivity index (χ3n) is 2.92. The van der Waals surface area contributed by atoms with Gasteiger partial charge in [0, 0.05) is 32.1 Å². The second-order valence-electron chi connectivity index (χ2n) is 4.17. The number of piperidine rings is 1. The Morgan fingerprint density at radius 3 is 2.47 bits per heavy atom. The molecule has 1 aliphatic rings. The van der Waals surface area contributed by atoms with Crippen molar-refractivity contribution in [1.29, 1.82) is 0 Å². The van der Waals surface area contributed by atoms with E-state index < -0.39 is 0 Å². The lowest BCUT2D eigenvalue weighted by atomic mass is 9.98. The molecule has 1 aliphatic heterocycles. The fourth-order valence-corrected chi connectivity index (χ4v) is 1.86. The van der Waals surface area contributed by atoms with E-state index in [0.717, 1.165) is 37.4 Å². The Bertz CT molecular complexity index is 304. The average Bonchev–Trinajstić information content (AvgIpc) is 2.30. The van der Waals surface area contributed by atoms with Crippen LogP contribution in [0.5, 0.6) is 0 Å². The first kappa shape index (κ1) is 10.4. The van der Waals surface area contributed by atoms with Gasteiger partial charge in [0.05, 0.1) is 0 Å². The molecule has 0 unspecified atom stereocenters. The number of aromatic nitrogens is 2. The van der Waals surface area contributed by atoms with Gasteiger partial charge in [0.1, 0.15) is 0 Å². The minimum Gasteiger partial charge on any atom is -0.396 e. The number of hydrogen-bond acceptors (Lipinski definition) is 4. The topological polar surface area (TPSA) is 49.2 Å². The standard InChI is InChI=1S/C11H17N3O/c1-9-6-12-11(13-7-9)14-4-2-10(8-15)3-5-14/h6-7,10,15H,2-5,8H2,1H3. The van der Waals surface area contributed by atoms with Crippen molar-refractivity contribution in [2.75, 3.05) is 24.6 Å². The molecule has 0 amide bonds. The smallest absolute Gasteiger partial charge is 0.225 e. The van der Waals surface area contributed by atoms with E-state index in [1.54, 1.807) is 0 Å². The van der Waals surface area contributed by atoms with E-state index in [1.807, 2.05) is 19.3 Å². The maximum absolute atomic E-state index is 9.03. The van der Waals surface area contributed by atoms with E-state index in [0.29, 0.717) is 12.5 Å². The van der Waals surface area contributed by atoms with E-state index in [1.165, 1.54) is 0 Å². The lowest BCUT2D eigenvalue weighted by Gasteiger charge is -2.30. The van der Waals surface area contributed by atoms with E-state index >= 15 is 0 Å². The highest BCUT2D eigenvalue weighted by Gasteiger charge is 2.19. The summed E-state index contributed by atoms with van der Waals surface area (Å²) in [4.78, 5) is 10.8. The minimum absolute atomic E-state index is 0.308. The number of hydrogen-bond donors (Lipinski definition) is 1. The molecular weight excluding hydrogens is 190 g/mol. The highest BCUT2D eigenvalue weighted by Crippen LogP contribution is 2.19. The normalized spacial score (nSPS) is 18.1. The predicted molar refractivity (Wildman–Crippen MR) is 58.8 cm³/mol. The van der Waals surface area contributed by atoms with Crippen molar-refractivity contribution in [3.63, 3.8) is 0 Å². The van der Waals surface area contributed by atoms with Crippen LogP contribution < -0.4 is 4.90 Å². The Morgan fingerprint density at radius 1 is 1.33 bits per heavy atom. The SMILES string of the molecule is Cc1cnc(N2CCC(CO)CC2)nc1. The summed E-state index contributed by atoms with van der Waals surface area (Å²) in [5.41, 5.74) is 1.09. The van der Waals surface area contributed by atoms with E-state index in [-0.39, 0.29) is 0 Å². The molecule has 0 saturated carbocycles. The molecule has 82 valence electrons. The van der Waals surface area contributed by atoms with Crippen LogP contribution in [0.25, 0.3) is 0 Å². The quantitative estimate of drug-likeness (QED) is 0.785. The highest BCUT2D eigenvalue weighted by atomic mass is 16.3. The van der Waals surface area contributed by atoms with Crippen molar-refractivity contribution in [1.82, 2.24) is 9.97 Å². The van der Waals surface area contributed by atoms with Crippen LogP contribution >= 0.6 is 0 Å². The lowest BCUT2D eigenvalue weighted by Crippen LogP contribution is -2.35. The Kier molecular flexibility index (Phi) is 3.16. The summed E-state index contributed by atoms with van der Waals surface area (Å²) in [5.74, 6) is 1.28. The van der Waals surface area contributed by atoms with Gasteiger partial charge in [0.2, 0.25) is 5.95 Å². The number of rotatable bonds is 2. The summed E-state index contributed by atoms with van der Waals surface area (Å²) >= 11 is 0. The van der Waals surface area contributed by atoms with Crippen LogP contribution in [-0.4, -0.2) is 34.8 Å². The second kappa shape index (κ2) is 4.57. The Hall–Kier alpha value is -1.16. The van der Waals surface area contributed by atoms with Crippen LogP contribution in [0, 0.1) is 12.8 Å². The van der Waals surface area contributed by atoms with Gasteiger partial charge in [-0.2, -0.15) is 0 Å². The minimum atomic E-state index is 0.308. The van der Waals surface area contributed by atoms with E-state index in [4.69, 9.17) is 5.11 Å². The Labute approximate surface area is 90.0 Å². The van der Waals surface area contributed by atoms with Gasteiger partial charge in [0.15, 0.2) is 0 Å². The van der Waals surface area contributed by atoms with Gasteiger partial charge in [-0.25, -0.2) is 9.97 Å². The van der Waals surface area contributed by atoms with Gasteiger partial charge in [-0.3, -0.25) is 0 Å². The zero-order valence-corrected chi connectivity index (χ0v) is 9.06. The summed E-state index contributed by atoms with van der Waals surface area (Å²) in [6.45, 7) is 4.20. The van der Waals surface area contributed by atoms with Crippen LogP contribution in [0.3, 0.4) is 0 Å². The summed E-state index contributed by atoms with van der Waals surface area (Å²) in [7, 11) is 0. The third-order valence-corrected chi connectivity index (χ3v) is 2.92. The molecule has 4 heteroatoms. The molecule has 1 N–H and O–H groups in total. The highest BCUT2D eigenvalue weighted by molar-refractivity contribution is 5.30. The van der Waals surface area contributed by atoms with Crippen LogP contribution in [0.1, 0.15) is 18.4 Å².